The van der Waals surface area contributed by atoms with Crippen LogP contribution in [0.3, 0.4) is 0 Å². The van der Waals surface area contributed by atoms with Crippen molar-refractivity contribution in [2.45, 2.75) is 45.6 Å². The summed E-state index contributed by atoms with van der Waals surface area (Å²) in [5.41, 5.74) is 1.14. The molecule has 1 N–H and O–H groups in total. The Hall–Kier alpha value is -0.450. The minimum atomic E-state index is 0.538. The molecule has 0 aliphatic heterocycles. The number of rotatable bonds is 9. The molecule has 0 saturated heterocycles. The number of aryl methyl sites for hydroxylation is 1. The van der Waals surface area contributed by atoms with E-state index in [1.807, 2.05) is 0 Å². The number of nitrogens with zero attached hydrogens (tertiary/aromatic N) is 1. The molecule has 17 heavy (non-hydrogen) atoms. The van der Waals surface area contributed by atoms with E-state index in [2.05, 4.69) is 29.5 Å². The van der Waals surface area contributed by atoms with Gasteiger partial charge in [-0.25, -0.2) is 4.98 Å². The lowest BCUT2D eigenvalue weighted by Gasteiger charge is -2.17. The average Bonchev–Trinajstić information content (AvgIpc) is 2.72. The van der Waals surface area contributed by atoms with Crippen LogP contribution in [-0.4, -0.2) is 31.3 Å². The van der Waals surface area contributed by atoms with E-state index in [1.54, 1.807) is 18.4 Å². The van der Waals surface area contributed by atoms with E-state index in [1.165, 1.54) is 11.4 Å². The monoisotopic (exact) mass is 256 g/mol. The van der Waals surface area contributed by atoms with E-state index in [0.717, 1.165) is 38.1 Å². The van der Waals surface area contributed by atoms with E-state index < -0.39 is 0 Å². The SMILES string of the molecule is CCCNC(CCCOC)Cc1nc(C)cs1. The minimum absolute atomic E-state index is 0.538. The second kappa shape index (κ2) is 8.61. The molecule has 1 rings (SSSR count). The van der Waals surface area contributed by atoms with Crippen LogP contribution < -0.4 is 5.32 Å². The summed E-state index contributed by atoms with van der Waals surface area (Å²) in [4.78, 5) is 4.53. The predicted molar refractivity (Wildman–Crippen MR) is 73.7 cm³/mol. The summed E-state index contributed by atoms with van der Waals surface area (Å²) in [6.45, 7) is 6.19. The molecule has 0 aliphatic carbocycles. The normalized spacial score (nSPS) is 12.9. The first-order valence-corrected chi connectivity index (χ1v) is 7.27. The number of hydrogen-bond donors (Lipinski definition) is 1. The van der Waals surface area contributed by atoms with Crippen LogP contribution in [0, 0.1) is 6.92 Å². The van der Waals surface area contributed by atoms with E-state index in [9.17, 15) is 0 Å². The van der Waals surface area contributed by atoms with Crippen LogP contribution in [0.2, 0.25) is 0 Å². The van der Waals surface area contributed by atoms with Crippen molar-refractivity contribution in [3.8, 4) is 0 Å². The Morgan fingerprint density at radius 1 is 1.53 bits per heavy atom. The second-order valence-corrected chi connectivity index (χ2v) is 5.32. The second-order valence-electron chi connectivity index (χ2n) is 4.37. The summed E-state index contributed by atoms with van der Waals surface area (Å²) < 4.78 is 5.11. The molecule has 1 heterocycles. The van der Waals surface area contributed by atoms with Gasteiger partial charge in [0.05, 0.1) is 5.01 Å². The van der Waals surface area contributed by atoms with Crippen molar-refractivity contribution in [3.05, 3.63) is 16.1 Å². The Morgan fingerprint density at radius 2 is 2.35 bits per heavy atom. The average molecular weight is 256 g/mol. The van der Waals surface area contributed by atoms with Gasteiger partial charge in [-0.1, -0.05) is 6.92 Å². The maximum Gasteiger partial charge on any atom is 0.0943 e. The van der Waals surface area contributed by atoms with Crippen molar-refractivity contribution >= 4 is 11.3 Å². The lowest BCUT2D eigenvalue weighted by atomic mass is 10.1. The van der Waals surface area contributed by atoms with E-state index in [4.69, 9.17) is 4.74 Å². The molecule has 1 atom stereocenters. The fraction of sp³-hybridized carbons (Fsp3) is 0.769. The summed E-state index contributed by atoms with van der Waals surface area (Å²) in [6.07, 6.45) is 4.49. The molecular formula is C13H24N2OS. The smallest absolute Gasteiger partial charge is 0.0943 e. The highest BCUT2D eigenvalue weighted by atomic mass is 32.1. The first-order chi connectivity index (χ1) is 8.26. The quantitative estimate of drug-likeness (QED) is 0.690. The van der Waals surface area contributed by atoms with E-state index in [0.29, 0.717) is 6.04 Å². The highest BCUT2D eigenvalue weighted by molar-refractivity contribution is 7.09. The Balaban J connectivity index is 2.38. The van der Waals surface area contributed by atoms with Crippen LogP contribution in [0.5, 0.6) is 0 Å². The van der Waals surface area contributed by atoms with Gasteiger partial charge in [0.2, 0.25) is 0 Å². The van der Waals surface area contributed by atoms with Gasteiger partial charge in [-0.05, 0) is 32.7 Å². The topological polar surface area (TPSA) is 34.1 Å². The molecule has 1 aromatic heterocycles. The zero-order chi connectivity index (χ0) is 12.5. The van der Waals surface area contributed by atoms with Gasteiger partial charge >= 0.3 is 0 Å². The van der Waals surface area contributed by atoms with Crippen molar-refractivity contribution in [2.24, 2.45) is 0 Å². The standard InChI is InChI=1S/C13H24N2OS/c1-4-7-14-12(6-5-8-16-3)9-13-15-11(2)10-17-13/h10,12,14H,4-9H2,1-3H3. The van der Waals surface area contributed by atoms with Crippen molar-refractivity contribution < 1.29 is 4.74 Å². The Labute approximate surface area is 109 Å². The fourth-order valence-corrected chi connectivity index (χ4v) is 2.66. The van der Waals surface area contributed by atoms with Crippen LogP contribution in [0.4, 0.5) is 0 Å². The molecule has 0 saturated carbocycles. The molecular weight excluding hydrogens is 232 g/mol. The molecule has 0 bridgehead atoms. The minimum Gasteiger partial charge on any atom is -0.385 e. The van der Waals surface area contributed by atoms with Crippen LogP contribution in [0.1, 0.15) is 36.9 Å². The number of aromatic nitrogens is 1. The van der Waals surface area contributed by atoms with Crippen LogP contribution >= 0.6 is 11.3 Å². The van der Waals surface area contributed by atoms with Gasteiger partial charge in [-0.3, -0.25) is 0 Å². The molecule has 0 spiro atoms. The fourth-order valence-electron chi connectivity index (χ4n) is 1.81. The Kier molecular flexibility index (Phi) is 7.40. The van der Waals surface area contributed by atoms with E-state index in [-0.39, 0.29) is 0 Å². The first kappa shape index (κ1) is 14.6. The van der Waals surface area contributed by atoms with Gasteiger partial charge in [-0.2, -0.15) is 0 Å². The number of thiazole rings is 1. The van der Waals surface area contributed by atoms with Gasteiger partial charge in [0.1, 0.15) is 0 Å². The van der Waals surface area contributed by atoms with Crippen LogP contribution in [0.25, 0.3) is 0 Å². The summed E-state index contributed by atoms with van der Waals surface area (Å²) in [7, 11) is 1.76. The van der Waals surface area contributed by atoms with Gasteiger partial charge in [-0.15, -0.1) is 11.3 Å². The summed E-state index contributed by atoms with van der Waals surface area (Å²) >= 11 is 1.77. The summed E-state index contributed by atoms with van der Waals surface area (Å²) in [5.74, 6) is 0. The first-order valence-electron chi connectivity index (χ1n) is 6.39. The molecule has 98 valence electrons. The molecule has 0 amide bonds. The number of hydrogen-bond acceptors (Lipinski definition) is 4. The van der Waals surface area contributed by atoms with Gasteiger partial charge in [0.15, 0.2) is 0 Å². The Morgan fingerprint density at radius 3 is 2.94 bits per heavy atom. The molecule has 4 heteroatoms. The highest BCUT2D eigenvalue weighted by Crippen LogP contribution is 2.13. The number of ether oxygens (including phenoxy) is 1. The molecule has 3 nitrogen and oxygen atoms in total. The molecule has 0 radical (unpaired) electrons. The van der Waals surface area contributed by atoms with Crippen LogP contribution in [0.15, 0.2) is 5.38 Å². The molecule has 0 aromatic carbocycles. The van der Waals surface area contributed by atoms with E-state index >= 15 is 0 Å². The number of methoxy groups -OCH3 is 1. The van der Waals surface area contributed by atoms with Crippen LogP contribution in [-0.2, 0) is 11.2 Å². The maximum atomic E-state index is 5.11. The maximum absolute atomic E-state index is 5.11. The zero-order valence-electron chi connectivity index (χ0n) is 11.2. The van der Waals surface area contributed by atoms with Crippen molar-refractivity contribution in [3.63, 3.8) is 0 Å². The van der Waals surface area contributed by atoms with Crippen molar-refractivity contribution in [1.82, 2.24) is 10.3 Å². The van der Waals surface area contributed by atoms with Crippen molar-refractivity contribution in [2.75, 3.05) is 20.3 Å². The molecule has 0 aliphatic rings. The third kappa shape index (κ3) is 6.15. The molecule has 1 aromatic rings. The summed E-state index contributed by atoms with van der Waals surface area (Å²) in [5, 5.41) is 6.97. The lowest BCUT2D eigenvalue weighted by molar-refractivity contribution is 0.188. The predicted octanol–water partition coefficient (Wildman–Crippen LogP) is 2.79. The zero-order valence-corrected chi connectivity index (χ0v) is 12.0. The highest BCUT2D eigenvalue weighted by Gasteiger charge is 2.10. The van der Waals surface area contributed by atoms with Gasteiger partial charge < -0.3 is 10.1 Å². The lowest BCUT2D eigenvalue weighted by Crippen LogP contribution is -2.32. The summed E-state index contributed by atoms with van der Waals surface area (Å²) in [6, 6.07) is 0.538. The Bertz CT molecular complexity index is 301. The van der Waals surface area contributed by atoms with Gasteiger partial charge in [0, 0.05) is 37.3 Å². The number of nitrogens with one attached hydrogen (secondary N) is 1. The van der Waals surface area contributed by atoms with Crippen molar-refractivity contribution in [1.29, 1.82) is 0 Å². The van der Waals surface area contributed by atoms with Gasteiger partial charge in [0.25, 0.3) is 0 Å². The largest absolute Gasteiger partial charge is 0.385 e. The molecule has 1 unspecified atom stereocenters. The molecule has 0 fully saturated rings. The third-order valence-electron chi connectivity index (χ3n) is 2.67. The third-order valence-corrected chi connectivity index (χ3v) is 3.66.